The first kappa shape index (κ1) is 13.8. The smallest absolute Gasteiger partial charge is 0.254 e. The van der Waals surface area contributed by atoms with Gasteiger partial charge in [-0.25, -0.2) is 0 Å². The highest BCUT2D eigenvalue weighted by Gasteiger charge is 2.20. The van der Waals surface area contributed by atoms with E-state index < -0.39 is 0 Å². The van der Waals surface area contributed by atoms with E-state index in [2.05, 4.69) is 22.5 Å². The molecule has 0 spiro atoms. The van der Waals surface area contributed by atoms with Crippen LogP contribution in [0.15, 0.2) is 18.5 Å². The van der Waals surface area contributed by atoms with E-state index in [1.807, 2.05) is 13.1 Å². The van der Waals surface area contributed by atoms with Crippen molar-refractivity contribution in [1.82, 2.24) is 10.3 Å². The molecule has 2 rings (SSSR count). The lowest BCUT2D eigenvalue weighted by Gasteiger charge is -2.26. The van der Waals surface area contributed by atoms with Crippen LogP contribution >= 0.6 is 0 Å². The van der Waals surface area contributed by atoms with E-state index in [4.69, 9.17) is 0 Å². The van der Waals surface area contributed by atoms with Crippen LogP contribution < -0.4 is 10.6 Å². The van der Waals surface area contributed by atoms with Crippen molar-refractivity contribution in [2.24, 2.45) is 11.8 Å². The number of carbonyl (C=O) groups is 1. The molecule has 1 aromatic heterocycles. The van der Waals surface area contributed by atoms with Crippen molar-refractivity contribution in [2.45, 2.75) is 32.6 Å². The minimum Gasteiger partial charge on any atom is -0.387 e. The Morgan fingerprint density at radius 2 is 2.32 bits per heavy atom. The van der Waals surface area contributed by atoms with Gasteiger partial charge in [0.15, 0.2) is 0 Å². The summed E-state index contributed by atoms with van der Waals surface area (Å²) in [4.78, 5) is 16.2. The van der Waals surface area contributed by atoms with E-state index >= 15 is 0 Å². The predicted molar refractivity (Wildman–Crippen MR) is 77.2 cm³/mol. The zero-order valence-electron chi connectivity index (χ0n) is 11.8. The van der Waals surface area contributed by atoms with Gasteiger partial charge in [-0.1, -0.05) is 19.8 Å². The summed E-state index contributed by atoms with van der Waals surface area (Å²) in [5, 5.41) is 6.07. The first-order valence-corrected chi connectivity index (χ1v) is 7.10. The van der Waals surface area contributed by atoms with Crippen LogP contribution in [-0.2, 0) is 0 Å². The SMILES string of the molecule is CNc1ccncc1C(=O)NCC1CCCC(C)C1. The number of rotatable bonds is 4. The molecule has 1 aromatic rings. The Balaban J connectivity index is 1.90. The van der Waals surface area contributed by atoms with Gasteiger partial charge in [-0.05, 0) is 30.7 Å². The molecule has 2 unspecified atom stereocenters. The maximum Gasteiger partial charge on any atom is 0.254 e. The predicted octanol–water partition coefficient (Wildman–Crippen LogP) is 2.68. The summed E-state index contributed by atoms with van der Waals surface area (Å²) in [6, 6.07) is 1.82. The van der Waals surface area contributed by atoms with Gasteiger partial charge < -0.3 is 10.6 Å². The standard InChI is InChI=1S/C15H23N3O/c1-11-4-3-5-12(8-11)9-18-15(19)13-10-17-7-6-14(13)16-2/h6-7,10-12H,3-5,8-9H2,1-2H3,(H,16,17)(H,18,19). The molecule has 4 nitrogen and oxygen atoms in total. The molecular weight excluding hydrogens is 238 g/mol. The van der Waals surface area contributed by atoms with Crippen molar-refractivity contribution in [1.29, 1.82) is 0 Å². The van der Waals surface area contributed by atoms with E-state index in [0.717, 1.165) is 18.2 Å². The van der Waals surface area contributed by atoms with Gasteiger partial charge in [0.05, 0.1) is 5.56 Å². The fraction of sp³-hybridized carbons (Fsp3) is 0.600. The van der Waals surface area contributed by atoms with E-state index in [1.54, 1.807) is 12.4 Å². The molecular formula is C15H23N3O. The van der Waals surface area contributed by atoms with Crippen LogP contribution in [0.1, 0.15) is 43.0 Å². The fourth-order valence-corrected chi connectivity index (χ4v) is 2.87. The Hall–Kier alpha value is -1.58. The lowest BCUT2D eigenvalue weighted by Crippen LogP contribution is -2.31. The second kappa shape index (κ2) is 6.55. The number of aromatic nitrogens is 1. The number of nitrogens with zero attached hydrogens (tertiary/aromatic N) is 1. The average Bonchev–Trinajstić information content (AvgIpc) is 2.45. The van der Waals surface area contributed by atoms with Crippen LogP contribution in [0, 0.1) is 11.8 Å². The van der Waals surface area contributed by atoms with Gasteiger partial charge in [0.1, 0.15) is 0 Å². The molecule has 0 aromatic carbocycles. The summed E-state index contributed by atoms with van der Waals surface area (Å²) in [7, 11) is 1.81. The molecule has 0 aliphatic heterocycles. The molecule has 1 fully saturated rings. The first-order chi connectivity index (χ1) is 9.20. The van der Waals surface area contributed by atoms with Gasteiger partial charge in [-0.2, -0.15) is 0 Å². The third-order valence-corrected chi connectivity index (χ3v) is 3.93. The van der Waals surface area contributed by atoms with Gasteiger partial charge in [0.25, 0.3) is 5.91 Å². The van der Waals surface area contributed by atoms with Gasteiger partial charge >= 0.3 is 0 Å². The highest BCUT2D eigenvalue weighted by molar-refractivity contribution is 5.99. The first-order valence-electron chi connectivity index (χ1n) is 7.10. The van der Waals surface area contributed by atoms with E-state index in [9.17, 15) is 4.79 Å². The van der Waals surface area contributed by atoms with Crippen LogP contribution in [0.2, 0.25) is 0 Å². The molecule has 104 valence electrons. The van der Waals surface area contributed by atoms with Crippen LogP contribution in [0.5, 0.6) is 0 Å². The van der Waals surface area contributed by atoms with Gasteiger partial charge in [0, 0.05) is 31.7 Å². The maximum atomic E-state index is 12.2. The highest BCUT2D eigenvalue weighted by Crippen LogP contribution is 2.28. The summed E-state index contributed by atoms with van der Waals surface area (Å²) in [5.74, 6) is 1.39. The third-order valence-electron chi connectivity index (χ3n) is 3.93. The second-order valence-electron chi connectivity index (χ2n) is 5.52. The van der Waals surface area contributed by atoms with Crippen LogP contribution in [0.25, 0.3) is 0 Å². The molecule has 1 aliphatic carbocycles. The van der Waals surface area contributed by atoms with Gasteiger partial charge in [-0.15, -0.1) is 0 Å². The lowest BCUT2D eigenvalue weighted by molar-refractivity contribution is 0.0941. The van der Waals surface area contributed by atoms with Crippen LogP contribution in [0.3, 0.4) is 0 Å². The topological polar surface area (TPSA) is 54.0 Å². The number of carbonyl (C=O) groups excluding carboxylic acids is 1. The monoisotopic (exact) mass is 261 g/mol. The van der Waals surface area contributed by atoms with Crippen molar-refractivity contribution in [3.05, 3.63) is 24.0 Å². The van der Waals surface area contributed by atoms with E-state index in [-0.39, 0.29) is 5.91 Å². The number of nitrogens with one attached hydrogen (secondary N) is 2. The van der Waals surface area contributed by atoms with E-state index in [1.165, 1.54) is 25.7 Å². The number of anilines is 1. The Kier molecular flexibility index (Phi) is 4.77. The van der Waals surface area contributed by atoms with E-state index in [0.29, 0.717) is 11.5 Å². The van der Waals surface area contributed by atoms with Crippen molar-refractivity contribution < 1.29 is 4.79 Å². The molecule has 0 radical (unpaired) electrons. The molecule has 4 heteroatoms. The van der Waals surface area contributed by atoms with Gasteiger partial charge in [0.2, 0.25) is 0 Å². The maximum absolute atomic E-state index is 12.2. The summed E-state index contributed by atoms with van der Waals surface area (Å²) >= 11 is 0. The van der Waals surface area contributed by atoms with Crippen molar-refractivity contribution in [2.75, 3.05) is 18.9 Å². The zero-order chi connectivity index (χ0) is 13.7. The summed E-state index contributed by atoms with van der Waals surface area (Å²) in [6.45, 7) is 3.08. The molecule has 2 N–H and O–H groups in total. The molecule has 1 aliphatic rings. The van der Waals surface area contributed by atoms with Crippen molar-refractivity contribution >= 4 is 11.6 Å². The Morgan fingerprint density at radius 1 is 1.47 bits per heavy atom. The minimum atomic E-state index is -0.0318. The molecule has 1 saturated carbocycles. The summed E-state index contributed by atoms with van der Waals surface area (Å²) in [6.07, 6.45) is 8.38. The van der Waals surface area contributed by atoms with Crippen molar-refractivity contribution in [3.8, 4) is 0 Å². The van der Waals surface area contributed by atoms with Crippen LogP contribution in [-0.4, -0.2) is 24.5 Å². The Labute approximate surface area is 115 Å². The largest absolute Gasteiger partial charge is 0.387 e. The number of hydrogen-bond acceptors (Lipinski definition) is 3. The fourth-order valence-electron chi connectivity index (χ4n) is 2.87. The summed E-state index contributed by atoms with van der Waals surface area (Å²) in [5.41, 5.74) is 1.44. The highest BCUT2D eigenvalue weighted by atomic mass is 16.1. The summed E-state index contributed by atoms with van der Waals surface area (Å²) < 4.78 is 0. The lowest BCUT2D eigenvalue weighted by atomic mass is 9.82. The average molecular weight is 261 g/mol. The third kappa shape index (κ3) is 3.69. The Morgan fingerprint density at radius 3 is 3.05 bits per heavy atom. The minimum absolute atomic E-state index is 0.0318. The molecule has 0 bridgehead atoms. The van der Waals surface area contributed by atoms with Crippen molar-refractivity contribution in [3.63, 3.8) is 0 Å². The molecule has 1 amide bonds. The number of hydrogen-bond donors (Lipinski definition) is 2. The Bertz CT molecular complexity index is 433. The normalized spacial score (nSPS) is 22.8. The van der Waals surface area contributed by atoms with Crippen LogP contribution in [0.4, 0.5) is 5.69 Å². The molecule has 0 saturated heterocycles. The number of pyridine rings is 1. The number of amides is 1. The zero-order valence-corrected chi connectivity index (χ0v) is 11.8. The molecule has 1 heterocycles. The second-order valence-corrected chi connectivity index (χ2v) is 5.52. The van der Waals surface area contributed by atoms with Gasteiger partial charge in [-0.3, -0.25) is 9.78 Å². The molecule has 2 atom stereocenters. The quantitative estimate of drug-likeness (QED) is 0.876. The molecule has 19 heavy (non-hydrogen) atoms.